The molecule has 7 nitrogen and oxygen atoms in total. The number of ether oxygens (including phenoxy) is 1. The Morgan fingerprint density at radius 1 is 1.16 bits per heavy atom. The predicted octanol–water partition coefficient (Wildman–Crippen LogP) is 6.18. The topological polar surface area (TPSA) is 70.6 Å². The van der Waals surface area contributed by atoms with Gasteiger partial charge in [0.05, 0.1) is 15.9 Å². The first kappa shape index (κ1) is 25.4. The number of hydrogen-bond donors (Lipinski definition) is 1. The van der Waals surface area contributed by atoms with E-state index in [1.807, 2.05) is 60.4 Å². The van der Waals surface area contributed by atoms with Gasteiger partial charge in [0.2, 0.25) is 5.91 Å². The van der Waals surface area contributed by atoms with Crippen molar-refractivity contribution in [3.8, 4) is 5.75 Å². The minimum atomic E-state index is -0.315. The van der Waals surface area contributed by atoms with Crippen molar-refractivity contribution in [1.29, 1.82) is 0 Å². The lowest BCUT2D eigenvalue weighted by molar-refractivity contribution is -0.111. The number of halogens is 2. The van der Waals surface area contributed by atoms with Crippen LogP contribution in [0.25, 0.3) is 17.0 Å². The summed E-state index contributed by atoms with van der Waals surface area (Å²) in [6.45, 7) is 0.862. The number of likely N-dealkylation sites (N-methyl/N-ethyl adjacent to an activating group) is 1. The second-order valence-electron chi connectivity index (χ2n) is 8.99. The number of nitrogens with zero attached hydrogens (tertiary/aromatic N) is 4. The molecule has 1 aromatic heterocycles. The van der Waals surface area contributed by atoms with Gasteiger partial charge in [0.15, 0.2) is 0 Å². The zero-order valence-corrected chi connectivity index (χ0v) is 21.6. The molecule has 0 unspecified atom stereocenters. The predicted molar refractivity (Wildman–Crippen MR) is 149 cm³/mol. The van der Waals surface area contributed by atoms with Crippen LogP contribution >= 0.6 is 11.6 Å². The Labute approximate surface area is 224 Å². The average Bonchev–Trinajstić information content (AvgIpc) is 2.89. The second kappa shape index (κ2) is 11.0. The minimum absolute atomic E-state index is 0.194. The summed E-state index contributed by atoms with van der Waals surface area (Å²) in [4.78, 5) is 25.3. The van der Waals surface area contributed by atoms with Crippen LogP contribution < -0.4 is 15.0 Å². The highest BCUT2D eigenvalue weighted by atomic mass is 35.5. The molecule has 1 aliphatic rings. The molecule has 0 bridgehead atoms. The molecule has 3 aromatic carbocycles. The van der Waals surface area contributed by atoms with E-state index in [0.29, 0.717) is 34.4 Å². The van der Waals surface area contributed by atoms with Crippen molar-refractivity contribution in [2.45, 2.75) is 6.61 Å². The van der Waals surface area contributed by atoms with Gasteiger partial charge in [-0.15, -0.1) is 0 Å². The van der Waals surface area contributed by atoms with E-state index in [4.69, 9.17) is 16.3 Å². The highest BCUT2D eigenvalue weighted by Crippen LogP contribution is 2.41. The number of anilines is 3. The lowest BCUT2D eigenvalue weighted by Gasteiger charge is -2.26. The summed E-state index contributed by atoms with van der Waals surface area (Å²) in [6.07, 6.45) is 8.63. The zero-order chi connectivity index (χ0) is 26.6. The van der Waals surface area contributed by atoms with E-state index in [-0.39, 0.29) is 18.3 Å². The van der Waals surface area contributed by atoms with Crippen LogP contribution in [0.3, 0.4) is 0 Å². The molecule has 192 valence electrons. The van der Waals surface area contributed by atoms with Crippen molar-refractivity contribution in [2.75, 3.05) is 30.9 Å². The van der Waals surface area contributed by atoms with Crippen LogP contribution in [0, 0.1) is 5.82 Å². The van der Waals surface area contributed by atoms with E-state index < -0.39 is 0 Å². The number of carbonyl (C=O) groups is 1. The number of aromatic nitrogens is 2. The summed E-state index contributed by atoms with van der Waals surface area (Å²) < 4.78 is 19.3. The van der Waals surface area contributed by atoms with E-state index >= 15 is 0 Å². The molecule has 0 radical (unpaired) electrons. The number of carbonyl (C=O) groups excluding carboxylic acids is 1. The number of rotatable bonds is 8. The molecule has 1 N–H and O–H groups in total. The highest BCUT2D eigenvalue weighted by molar-refractivity contribution is 6.32. The van der Waals surface area contributed by atoms with Crippen molar-refractivity contribution >= 4 is 51.7 Å². The molecular formula is C29H25ClFN5O2. The van der Waals surface area contributed by atoms with Crippen molar-refractivity contribution in [2.24, 2.45) is 0 Å². The molecule has 2 heterocycles. The Bertz CT molecular complexity index is 1570. The maximum atomic E-state index is 13.5. The molecule has 0 fully saturated rings. The fourth-order valence-corrected chi connectivity index (χ4v) is 4.37. The van der Waals surface area contributed by atoms with E-state index in [1.54, 1.807) is 24.3 Å². The molecule has 0 saturated heterocycles. The monoisotopic (exact) mass is 529 g/mol. The number of benzene rings is 3. The van der Waals surface area contributed by atoms with Crippen molar-refractivity contribution < 1.29 is 13.9 Å². The van der Waals surface area contributed by atoms with Crippen LogP contribution in [0.4, 0.5) is 21.6 Å². The number of amides is 1. The Kier molecular flexibility index (Phi) is 7.35. The summed E-state index contributed by atoms with van der Waals surface area (Å²) >= 11 is 6.55. The molecule has 38 heavy (non-hydrogen) atoms. The van der Waals surface area contributed by atoms with Crippen LogP contribution in [-0.2, 0) is 11.4 Å². The van der Waals surface area contributed by atoms with Gasteiger partial charge in [-0.1, -0.05) is 29.8 Å². The summed E-state index contributed by atoms with van der Waals surface area (Å²) in [5.74, 6) is 0.624. The first-order valence-corrected chi connectivity index (χ1v) is 12.3. The maximum Gasteiger partial charge on any atom is 0.248 e. The Balaban J connectivity index is 1.40. The minimum Gasteiger partial charge on any atom is -0.487 e. The summed E-state index contributed by atoms with van der Waals surface area (Å²) in [5.41, 5.74) is 3.73. The standard InChI is InChI=1S/C29H25ClFN5O2/c1-35(2)13-4-7-27(37)34-24-9-10-25-28-22(24)12-14-36(29(28)33-18-32-25)21-8-11-26(23(30)16-21)38-17-19-5-3-6-20(31)15-19/h3-12,14-16,18H,13,17H2,1-2H3,(H,34,37)/b7-4+. The van der Waals surface area contributed by atoms with E-state index in [1.165, 1.54) is 24.5 Å². The van der Waals surface area contributed by atoms with Gasteiger partial charge in [0.1, 0.15) is 30.3 Å². The van der Waals surface area contributed by atoms with Crippen molar-refractivity contribution in [3.05, 3.63) is 101 Å². The van der Waals surface area contributed by atoms with Gasteiger partial charge in [-0.05, 0) is 68.2 Å². The maximum absolute atomic E-state index is 13.5. The van der Waals surface area contributed by atoms with E-state index in [0.717, 1.165) is 22.2 Å². The first-order chi connectivity index (χ1) is 18.4. The van der Waals surface area contributed by atoms with Crippen LogP contribution in [-0.4, -0.2) is 41.4 Å². The zero-order valence-electron chi connectivity index (χ0n) is 20.9. The highest BCUT2D eigenvalue weighted by Gasteiger charge is 2.22. The third-order valence-corrected chi connectivity index (χ3v) is 6.21. The largest absolute Gasteiger partial charge is 0.487 e. The van der Waals surface area contributed by atoms with Gasteiger partial charge >= 0.3 is 0 Å². The SMILES string of the molecule is CN(C)C/C=C/C(=O)Nc1ccc2ncnc3c2c1C=CN3c1ccc(OCc2cccc(F)c2)c(Cl)c1. The van der Waals surface area contributed by atoms with Crippen molar-refractivity contribution in [3.63, 3.8) is 0 Å². The Morgan fingerprint density at radius 3 is 2.82 bits per heavy atom. The van der Waals surface area contributed by atoms with Crippen LogP contribution in [0.15, 0.2) is 79.3 Å². The van der Waals surface area contributed by atoms with Crippen molar-refractivity contribution in [1.82, 2.24) is 14.9 Å². The second-order valence-corrected chi connectivity index (χ2v) is 9.40. The third-order valence-electron chi connectivity index (χ3n) is 5.92. The molecule has 1 amide bonds. The quantitative estimate of drug-likeness (QED) is 0.275. The van der Waals surface area contributed by atoms with Gasteiger partial charge in [-0.25, -0.2) is 14.4 Å². The molecule has 0 saturated carbocycles. The molecule has 9 heteroatoms. The Hall–Kier alpha value is -4.27. The third kappa shape index (κ3) is 5.51. The van der Waals surface area contributed by atoms with Gasteiger partial charge < -0.3 is 19.9 Å². The number of nitrogens with one attached hydrogen (secondary N) is 1. The summed E-state index contributed by atoms with van der Waals surface area (Å²) in [7, 11) is 3.88. The smallest absolute Gasteiger partial charge is 0.248 e. The summed E-state index contributed by atoms with van der Waals surface area (Å²) in [6, 6.07) is 15.4. The van der Waals surface area contributed by atoms with Crippen LogP contribution in [0.1, 0.15) is 11.1 Å². The molecular weight excluding hydrogens is 505 g/mol. The lowest BCUT2D eigenvalue weighted by Crippen LogP contribution is -2.16. The van der Waals surface area contributed by atoms with E-state index in [9.17, 15) is 9.18 Å². The van der Waals surface area contributed by atoms with Gasteiger partial charge in [0.25, 0.3) is 0 Å². The van der Waals surface area contributed by atoms with Gasteiger partial charge in [-0.2, -0.15) is 0 Å². The lowest BCUT2D eigenvalue weighted by atomic mass is 10.0. The normalized spacial score (nSPS) is 12.5. The van der Waals surface area contributed by atoms with E-state index in [2.05, 4.69) is 15.3 Å². The number of hydrogen-bond acceptors (Lipinski definition) is 6. The molecule has 0 atom stereocenters. The van der Waals surface area contributed by atoms with Gasteiger partial charge in [-0.3, -0.25) is 4.79 Å². The first-order valence-electron chi connectivity index (χ1n) is 11.9. The molecule has 5 rings (SSSR count). The van der Waals surface area contributed by atoms with Crippen LogP contribution in [0.5, 0.6) is 5.75 Å². The summed E-state index contributed by atoms with van der Waals surface area (Å²) in [5, 5.41) is 4.18. The van der Waals surface area contributed by atoms with Crippen LogP contribution in [0.2, 0.25) is 5.02 Å². The molecule has 0 spiro atoms. The molecule has 1 aliphatic heterocycles. The molecule has 4 aromatic rings. The average molecular weight is 530 g/mol. The molecule has 0 aliphatic carbocycles. The fraction of sp³-hybridized carbons (Fsp3) is 0.138. The van der Waals surface area contributed by atoms with Gasteiger partial charge in [0, 0.05) is 35.8 Å². The fourth-order valence-electron chi connectivity index (χ4n) is 4.14. The Morgan fingerprint density at radius 2 is 2.03 bits per heavy atom.